The van der Waals surface area contributed by atoms with Gasteiger partial charge in [0.05, 0.1) is 13.2 Å². The summed E-state index contributed by atoms with van der Waals surface area (Å²) in [5, 5.41) is 10.8. The molecule has 1 N–H and O–H groups in total. The number of alkyl halides is 1. The normalized spacial score (nSPS) is 24.5. The van der Waals surface area contributed by atoms with Gasteiger partial charge in [0.2, 0.25) is 0 Å². The number of carbonyl (C=O) groups excluding carboxylic acids is 1. The fourth-order valence-electron chi connectivity index (χ4n) is 4.95. The van der Waals surface area contributed by atoms with Gasteiger partial charge in [0, 0.05) is 18.3 Å². The summed E-state index contributed by atoms with van der Waals surface area (Å²) in [5.41, 5.74) is 2.23. The van der Waals surface area contributed by atoms with Crippen LogP contribution in [0.2, 0.25) is 0 Å². The van der Waals surface area contributed by atoms with Gasteiger partial charge in [-0.3, -0.25) is 4.79 Å². The number of allylic oxidation sites excluding steroid dienone is 3. The van der Waals surface area contributed by atoms with Crippen LogP contribution in [0.4, 0.5) is 4.39 Å². The lowest BCUT2D eigenvalue weighted by atomic mass is 9.82. The van der Waals surface area contributed by atoms with Crippen LogP contribution >= 0.6 is 0 Å². The Kier molecular flexibility index (Phi) is 10.1. The van der Waals surface area contributed by atoms with Crippen molar-refractivity contribution >= 4 is 5.97 Å². The van der Waals surface area contributed by atoms with Gasteiger partial charge in [0.1, 0.15) is 6.17 Å². The summed E-state index contributed by atoms with van der Waals surface area (Å²) >= 11 is 0. The van der Waals surface area contributed by atoms with E-state index >= 15 is 4.39 Å². The molecule has 3 unspecified atom stereocenters. The molecule has 0 aliphatic heterocycles. The highest BCUT2D eigenvalue weighted by Crippen LogP contribution is 2.47. The number of hydrogen-bond acceptors (Lipinski definition) is 3. The molecule has 0 spiro atoms. The van der Waals surface area contributed by atoms with Crippen molar-refractivity contribution in [3.05, 3.63) is 96.1 Å². The number of aliphatic hydroxyl groups is 1. The Labute approximate surface area is 203 Å². The van der Waals surface area contributed by atoms with Crippen molar-refractivity contribution in [1.82, 2.24) is 0 Å². The van der Waals surface area contributed by atoms with E-state index < -0.39 is 12.3 Å². The van der Waals surface area contributed by atoms with Crippen molar-refractivity contribution in [3.63, 3.8) is 0 Å². The van der Waals surface area contributed by atoms with Crippen LogP contribution in [0.1, 0.15) is 62.0 Å². The maximum atomic E-state index is 15.3. The molecule has 182 valence electrons. The van der Waals surface area contributed by atoms with Crippen LogP contribution < -0.4 is 0 Å². The number of halogens is 1. The molecular weight excluding hydrogens is 427 g/mol. The molecule has 1 fully saturated rings. The molecular formula is C30H37FO3. The molecule has 2 aromatic carbocycles. The van der Waals surface area contributed by atoms with Gasteiger partial charge in [0.25, 0.3) is 0 Å². The molecule has 1 aliphatic rings. The standard InChI is InChI=1S/C30H37FO3/c1-22(23-13-7-5-8-14-23)29(32)20-19-25-26(17-11-3-4-12-18-30(33)34-2)28(31)21-27(25)24-15-9-6-10-16-24/h3,5-11,13-16,19-20,22,25-29,32H,4,12,17-18,21H2,1-2H3/b11-3-,20-19+/t22?,25-,26-,27?,28+,29?/m0/s1. The Morgan fingerprint density at radius 1 is 1.12 bits per heavy atom. The zero-order valence-corrected chi connectivity index (χ0v) is 20.2. The third-order valence-electron chi connectivity index (χ3n) is 7.05. The van der Waals surface area contributed by atoms with Crippen LogP contribution in [0.3, 0.4) is 0 Å². The van der Waals surface area contributed by atoms with Crippen molar-refractivity contribution in [1.29, 1.82) is 0 Å². The SMILES string of the molecule is COC(=O)CCC/C=C\C[C@@H]1[C@H](F)CC(c2ccccc2)[C@H]1/C=C/C(O)C(C)c1ccccc1. The predicted octanol–water partition coefficient (Wildman–Crippen LogP) is 6.75. The monoisotopic (exact) mass is 464 g/mol. The molecule has 1 aliphatic carbocycles. The van der Waals surface area contributed by atoms with Crippen molar-refractivity contribution in [2.75, 3.05) is 7.11 Å². The summed E-state index contributed by atoms with van der Waals surface area (Å²) in [6.07, 6.45) is 9.50. The lowest BCUT2D eigenvalue weighted by Crippen LogP contribution is -2.18. The number of unbranched alkanes of at least 4 members (excludes halogenated alkanes) is 1. The molecule has 0 radical (unpaired) electrons. The van der Waals surface area contributed by atoms with E-state index in [9.17, 15) is 9.90 Å². The second kappa shape index (κ2) is 13.2. The summed E-state index contributed by atoms with van der Waals surface area (Å²) in [5.74, 6) is -0.285. The highest BCUT2D eigenvalue weighted by Gasteiger charge is 2.42. The molecule has 3 rings (SSSR count). The first-order valence-electron chi connectivity index (χ1n) is 12.3. The van der Waals surface area contributed by atoms with Gasteiger partial charge >= 0.3 is 5.97 Å². The second-order valence-corrected chi connectivity index (χ2v) is 9.26. The maximum absolute atomic E-state index is 15.3. The van der Waals surface area contributed by atoms with E-state index in [1.165, 1.54) is 7.11 Å². The predicted molar refractivity (Wildman–Crippen MR) is 135 cm³/mol. The van der Waals surface area contributed by atoms with E-state index in [0.29, 0.717) is 19.3 Å². The molecule has 2 aromatic rings. The van der Waals surface area contributed by atoms with Gasteiger partial charge in [-0.1, -0.05) is 91.9 Å². The fourth-order valence-corrected chi connectivity index (χ4v) is 4.95. The van der Waals surface area contributed by atoms with Crippen LogP contribution in [-0.4, -0.2) is 30.5 Å². The largest absolute Gasteiger partial charge is 0.469 e. The number of esters is 1. The molecule has 3 nitrogen and oxygen atoms in total. The highest BCUT2D eigenvalue weighted by atomic mass is 19.1. The van der Waals surface area contributed by atoms with Crippen molar-refractivity contribution < 1.29 is 19.0 Å². The van der Waals surface area contributed by atoms with Crippen molar-refractivity contribution in [2.24, 2.45) is 11.8 Å². The van der Waals surface area contributed by atoms with Gasteiger partial charge in [-0.15, -0.1) is 0 Å². The number of benzene rings is 2. The average Bonchev–Trinajstić information content (AvgIpc) is 3.19. The summed E-state index contributed by atoms with van der Waals surface area (Å²) in [6, 6.07) is 20.1. The van der Waals surface area contributed by atoms with Crippen LogP contribution in [0.5, 0.6) is 0 Å². The molecule has 0 aromatic heterocycles. The molecule has 4 heteroatoms. The molecule has 6 atom stereocenters. The summed E-state index contributed by atoms with van der Waals surface area (Å²) in [6.45, 7) is 2.01. The Bertz CT molecular complexity index is 925. The highest BCUT2D eigenvalue weighted by molar-refractivity contribution is 5.69. The van der Waals surface area contributed by atoms with E-state index in [4.69, 9.17) is 0 Å². The Morgan fingerprint density at radius 2 is 1.79 bits per heavy atom. The molecule has 34 heavy (non-hydrogen) atoms. The first-order chi connectivity index (χ1) is 16.5. The molecule has 0 amide bonds. The molecule has 0 bridgehead atoms. The lowest BCUT2D eigenvalue weighted by Gasteiger charge is -2.23. The Hall–Kier alpha value is -2.72. The second-order valence-electron chi connectivity index (χ2n) is 9.26. The van der Waals surface area contributed by atoms with Crippen LogP contribution in [0.25, 0.3) is 0 Å². The smallest absolute Gasteiger partial charge is 0.305 e. The quantitative estimate of drug-likeness (QED) is 0.227. The Balaban J connectivity index is 1.70. The van der Waals surface area contributed by atoms with Crippen LogP contribution in [0.15, 0.2) is 85.0 Å². The van der Waals surface area contributed by atoms with Gasteiger partial charge in [-0.2, -0.15) is 0 Å². The van der Waals surface area contributed by atoms with E-state index in [1.54, 1.807) is 0 Å². The zero-order chi connectivity index (χ0) is 24.3. The van der Waals surface area contributed by atoms with Crippen molar-refractivity contribution in [3.8, 4) is 0 Å². The summed E-state index contributed by atoms with van der Waals surface area (Å²) in [7, 11) is 1.40. The van der Waals surface area contributed by atoms with E-state index in [2.05, 4.69) is 22.9 Å². The third kappa shape index (κ3) is 7.14. The number of hydrogen-bond donors (Lipinski definition) is 1. The lowest BCUT2D eigenvalue weighted by molar-refractivity contribution is -0.140. The topological polar surface area (TPSA) is 46.5 Å². The third-order valence-corrected chi connectivity index (χ3v) is 7.05. The molecule has 0 saturated heterocycles. The van der Waals surface area contributed by atoms with Gasteiger partial charge < -0.3 is 9.84 Å². The van der Waals surface area contributed by atoms with Crippen LogP contribution in [-0.2, 0) is 9.53 Å². The van der Waals surface area contributed by atoms with Gasteiger partial charge in [0.15, 0.2) is 0 Å². The van der Waals surface area contributed by atoms with Crippen LogP contribution in [0, 0.1) is 11.8 Å². The number of methoxy groups -OCH3 is 1. The van der Waals surface area contributed by atoms with Crippen molar-refractivity contribution in [2.45, 2.75) is 63.1 Å². The fraction of sp³-hybridized carbons (Fsp3) is 0.433. The summed E-state index contributed by atoms with van der Waals surface area (Å²) < 4.78 is 19.9. The minimum Gasteiger partial charge on any atom is -0.469 e. The molecule has 0 heterocycles. The number of ether oxygens (including phenoxy) is 1. The maximum Gasteiger partial charge on any atom is 0.305 e. The number of carbonyl (C=O) groups is 1. The van der Waals surface area contributed by atoms with E-state index in [1.807, 2.05) is 73.7 Å². The van der Waals surface area contributed by atoms with Gasteiger partial charge in [-0.25, -0.2) is 4.39 Å². The first kappa shape index (κ1) is 25.9. The first-order valence-corrected chi connectivity index (χ1v) is 12.3. The molecule has 1 saturated carbocycles. The number of aliphatic hydroxyl groups excluding tert-OH is 1. The van der Waals surface area contributed by atoms with E-state index in [-0.39, 0.29) is 29.6 Å². The average molecular weight is 465 g/mol. The summed E-state index contributed by atoms with van der Waals surface area (Å²) in [4.78, 5) is 11.3. The van der Waals surface area contributed by atoms with Gasteiger partial charge in [-0.05, 0) is 48.6 Å². The zero-order valence-electron chi connectivity index (χ0n) is 20.2. The van der Waals surface area contributed by atoms with E-state index in [0.717, 1.165) is 24.0 Å². The minimum absolute atomic E-state index is 0.00902. The minimum atomic E-state index is -0.900. The number of rotatable bonds is 11. The Morgan fingerprint density at radius 3 is 2.47 bits per heavy atom.